The molecule has 0 aliphatic carbocycles. The monoisotopic (exact) mass is 173 g/mol. The third-order valence-electron chi connectivity index (χ3n) is 2.67. The summed E-state index contributed by atoms with van der Waals surface area (Å²) < 4.78 is 0. The molecule has 0 saturated heterocycles. The molecule has 1 aliphatic rings. The predicted octanol–water partition coefficient (Wildman–Crippen LogP) is 2.41. The van der Waals surface area contributed by atoms with Crippen LogP contribution in [0.25, 0.3) is 0 Å². The van der Waals surface area contributed by atoms with Gasteiger partial charge in [-0.1, -0.05) is 24.3 Å². The van der Waals surface area contributed by atoms with Crippen LogP contribution in [0, 0.1) is 0 Å². The topological polar surface area (TPSA) is 3.24 Å². The van der Waals surface area contributed by atoms with Crippen LogP contribution in [0.3, 0.4) is 0 Å². The molecule has 1 aromatic carbocycles. The fraction of sp³-hybridized carbons (Fsp3) is 0.333. The summed E-state index contributed by atoms with van der Waals surface area (Å²) in [6.45, 7) is 4.94. The van der Waals surface area contributed by atoms with Gasteiger partial charge in [-0.15, -0.1) is 6.58 Å². The fourth-order valence-electron chi connectivity index (χ4n) is 2.06. The van der Waals surface area contributed by atoms with E-state index < -0.39 is 0 Å². The summed E-state index contributed by atoms with van der Waals surface area (Å²) >= 11 is 0. The molecule has 0 fully saturated rings. The van der Waals surface area contributed by atoms with Crippen molar-refractivity contribution >= 4 is 5.69 Å². The van der Waals surface area contributed by atoms with E-state index in [1.807, 2.05) is 6.08 Å². The summed E-state index contributed by atoms with van der Waals surface area (Å²) in [5.41, 5.74) is 4.33. The Bertz CT molecular complexity index is 328. The van der Waals surface area contributed by atoms with E-state index in [2.05, 4.69) is 36.7 Å². The van der Waals surface area contributed by atoms with Gasteiger partial charge in [-0.05, 0) is 24.0 Å². The van der Waals surface area contributed by atoms with Crippen molar-refractivity contribution in [1.82, 2.24) is 0 Å². The Morgan fingerprint density at radius 1 is 1.54 bits per heavy atom. The Balaban J connectivity index is 2.46. The van der Waals surface area contributed by atoms with Gasteiger partial charge in [-0.2, -0.15) is 0 Å². The number of nitrogens with zero attached hydrogens (tertiary/aromatic N) is 1. The number of rotatable bonds is 2. The van der Waals surface area contributed by atoms with E-state index in [1.54, 1.807) is 0 Å². The van der Waals surface area contributed by atoms with E-state index >= 15 is 0 Å². The second kappa shape index (κ2) is 3.25. The first kappa shape index (κ1) is 8.36. The molecule has 0 unspecified atom stereocenters. The predicted molar refractivity (Wildman–Crippen MR) is 57.3 cm³/mol. The molecule has 1 nitrogen and oxygen atoms in total. The summed E-state index contributed by atoms with van der Waals surface area (Å²) in [4.78, 5) is 2.34. The molecule has 0 bridgehead atoms. The largest absolute Gasteiger partial charge is 0.374 e. The third kappa shape index (κ3) is 1.35. The van der Waals surface area contributed by atoms with Gasteiger partial charge in [0.2, 0.25) is 0 Å². The van der Waals surface area contributed by atoms with Gasteiger partial charge in [0.05, 0.1) is 0 Å². The lowest BCUT2D eigenvalue weighted by Gasteiger charge is -2.15. The van der Waals surface area contributed by atoms with Gasteiger partial charge < -0.3 is 4.90 Å². The minimum Gasteiger partial charge on any atom is -0.374 e. The first-order valence-corrected chi connectivity index (χ1v) is 4.75. The zero-order valence-electron chi connectivity index (χ0n) is 8.09. The fourth-order valence-corrected chi connectivity index (χ4v) is 2.06. The maximum absolute atomic E-state index is 3.79. The molecular weight excluding hydrogens is 158 g/mol. The number of allylic oxidation sites excluding steroid dienone is 1. The lowest BCUT2D eigenvalue weighted by atomic mass is 10.1. The quantitative estimate of drug-likeness (QED) is 0.621. The van der Waals surface area contributed by atoms with Crippen LogP contribution in [0.1, 0.15) is 11.1 Å². The smallest absolute Gasteiger partial charge is 0.0432 e. The molecule has 0 spiro atoms. The Labute approximate surface area is 79.7 Å². The van der Waals surface area contributed by atoms with E-state index in [9.17, 15) is 0 Å². The van der Waals surface area contributed by atoms with Crippen LogP contribution in [0.2, 0.25) is 0 Å². The summed E-state index contributed by atoms with van der Waals surface area (Å²) in [6, 6.07) is 6.57. The molecule has 1 aromatic rings. The molecule has 0 atom stereocenters. The van der Waals surface area contributed by atoms with Crippen LogP contribution in [0.5, 0.6) is 0 Å². The molecule has 0 radical (unpaired) electrons. The highest BCUT2D eigenvalue weighted by atomic mass is 15.1. The van der Waals surface area contributed by atoms with Gasteiger partial charge in [0.1, 0.15) is 0 Å². The normalized spacial score (nSPS) is 14.4. The molecule has 0 saturated carbocycles. The van der Waals surface area contributed by atoms with Gasteiger partial charge in [-0.25, -0.2) is 0 Å². The number of para-hydroxylation sites is 1. The Hall–Kier alpha value is -1.24. The van der Waals surface area contributed by atoms with E-state index in [-0.39, 0.29) is 0 Å². The summed E-state index contributed by atoms with van der Waals surface area (Å²) in [7, 11) is 2.17. The van der Waals surface area contributed by atoms with Crippen molar-refractivity contribution < 1.29 is 0 Å². The van der Waals surface area contributed by atoms with Crippen LogP contribution in [0.15, 0.2) is 30.9 Å². The summed E-state index contributed by atoms with van der Waals surface area (Å²) in [6.07, 6.45) is 4.14. The van der Waals surface area contributed by atoms with E-state index in [1.165, 1.54) is 23.2 Å². The van der Waals surface area contributed by atoms with Crippen molar-refractivity contribution in [2.45, 2.75) is 12.8 Å². The molecule has 1 heterocycles. The maximum Gasteiger partial charge on any atom is 0.0432 e. The minimum atomic E-state index is 0.980. The average molecular weight is 173 g/mol. The summed E-state index contributed by atoms with van der Waals surface area (Å²) in [5.74, 6) is 0. The van der Waals surface area contributed by atoms with Gasteiger partial charge in [0.15, 0.2) is 0 Å². The minimum absolute atomic E-state index is 0.980. The highest BCUT2D eigenvalue weighted by molar-refractivity contribution is 5.63. The van der Waals surface area contributed by atoms with Crippen molar-refractivity contribution in [2.75, 3.05) is 18.5 Å². The number of hydrogen-bond acceptors (Lipinski definition) is 1. The molecule has 0 amide bonds. The van der Waals surface area contributed by atoms with Gasteiger partial charge in [0.25, 0.3) is 0 Å². The SMILES string of the molecule is C=CCc1cccc2c1N(C)CC2. The molecule has 1 aliphatic heterocycles. The van der Waals surface area contributed by atoms with Crippen LogP contribution in [-0.4, -0.2) is 13.6 Å². The highest BCUT2D eigenvalue weighted by Crippen LogP contribution is 2.30. The number of likely N-dealkylation sites (N-methyl/N-ethyl adjacent to an activating group) is 1. The number of benzene rings is 1. The molecule has 13 heavy (non-hydrogen) atoms. The second-order valence-corrected chi connectivity index (χ2v) is 3.59. The zero-order valence-corrected chi connectivity index (χ0v) is 8.09. The van der Waals surface area contributed by atoms with Gasteiger partial charge in [0, 0.05) is 19.3 Å². The maximum atomic E-state index is 3.79. The first-order chi connectivity index (χ1) is 6.33. The van der Waals surface area contributed by atoms with Crippen molar-refractivity contribution in [1.29, 1.82) is 0 Å². The molecule has 2 rings (SSSR count). The van der Waals surface area contributed by atoms with Crippen LogP contribution >= 0.6 is 0 Å². The van der Waals surface area contributed by atoms with Crippen molar-refractivity contribution in [2.24, 2.45) is 0 Å². The van der Waals surface area contributed by atoms with E-state index in [4.69, 9.17) is 0 Å². The number of anilines is 1. The Morgan fingerprint density at radius 2 is 2.38 bits per heavy atom. The lowest BCUT2D eigenvalue weighted by molar-refractivity contribution is 0.952. The number of fused-ring (bicyclic) bond motifs is 1. The van der Waals surface area contributed by atoms with Crippen molar-refractivity contribution in [3.8, 4) is 0 Å². The number of hydrogen-bond donors (Lipinski definition) is 0. The molecule has 1 heteroatoms. The molecule has 0 aromatic heterocycles. The van der Waals surface area contributed by atoms with Crippen molar-refractivity contribution in [3.63, 3.8) is 0 Å². The zero-order chi connectivity index (χ0) is 9.26. The van der Waals surface area contributed by atoms with E-state index in [0.29, 0.717) is 0 Å². The van der Waals surface area contributed by atoms with Gasteiger partial charge >= 0.3 is 0 Å². The standard InChI is InChI=1S/C12H15N/c1-3-5-10-6-4-7-11-8-9-13(2)12(10)11/h3-4,6-7H,1,5,8-9H2,2H3. The molecule has 0 N–H and O–H groups in total. The average Bonchev–Trinajstić information content (AvgIpc) is 2.50. The molecular formula is C12H15N. The van der Waals surface area contributed by atoms with Crippen LogP contribution in [-0.2, 0) is 12.8 Å². The Morgan fingerprint density at radius 3 is 3.15 bits per heavy atom. The lowest BCUT2D eigenvalue weighted by Crippen LogP contribution is -2.14. The van der Waals surface area contributed by atoms with E-state index in [0.717, 1.165) is 13.0 Å². The first-order valence-electron chi connectivity index (χ1n) is 4.75. The van der Waals surface area contributed by atoms with Gasteiger partial charge in [-0.3, -0.25) is 0 Å². The second-order valence-electron chi connectivity index (χ2n) is 3.59. The molecule has 68 valence electrons. The third-order valence-corrected chi connectivity index (χ3v) is 2.67. The highest BCUT2D eigenvalue weighted by Gasteiger charge is 2.17. The van der Waals surface area contributed by atoms with Crippen molar-refractivity contribution in [3.05, 3.63) is 42.0 Å². The Kier molecular flexibility index (Phi) is 2.09. The summed E-state index contributed by atoms with van der Waals surface area (Å²) in [5, 5.41) is 0. The van der Waals surface area contributed by atoms with Crippen LogP contribution in [0.4, 0.5) is 5.69 Å². The van der Waals surface area contributed by atoms with Crippen LogP contribution < -0.4 is 4.90 Å².